The van der Waals surface area contributed by atoms with Crippen LogP contribution in [0.3, 0.4) is 0 Å². The molecule has 1 aliphatic carbocycles. The summed E-state index contributed by atoms with van der Waals surface area (Å²) in [6.07, 6.45) is 4.27. The lowest BCUT2D eigenvalue weighted by Crippen LogP contribution is -2.71. The maximum Gasteiger partial charge on any atom is 0.278 e. The van der Waals surface area contributed by atoms with Gasteiger partial charge in [0.25, 0.3) is 11.8 Å². The zero-order valence-electron chi connectivity index (χ0n) is 19.3. The van der Waals surface area contributed by atoms with Crippen molar-refractivity contribution in [1.29, 1.82) is 0 Å². The number of aryl methyl sites for hydroxylation is 1. The number of nitrogens with zero attached hydrogens (tertiary/aromatic N) is 5. The van der Waals surface area contributed by atoms with Crippen LogP contribution in [0.1, 0.15) is 36.2 Å². The minimum atomic E-state index is -1.40. The number of rotatable bonds is 8. The number of carboxylic acid groups (broad SMARTS) is 1. The highest BCUT2D eigenvalue weighted by molar-refractivity contribution is 8.00. The fourth-order valence-corrected chi connectivity index (χ4v) is 7.31. The molecule has 36 heavy (non-hydrogen) atoms. The van der Waals surface area contributed by atoms with Gasteiger partial charge in [-0.1, -0.05) is 16.5 Å². The molecule has 2 aromatic heterocycles. The first-order valence-corrected chi connectivity index (χ1v) is 14.1. The van der Waals surface area contributed by atoms with E-state index in [0.29, 0.717) is 17.9 Å². The first-order valence-electron chi connectivity index (χ1n) is 11.4. The number of fused-ring (bicyclic) bond motifs is 2. The molecule has 0 spiro atoms. The highest BCUT2D eigenvalue weighted by Gasteiger charge is 2.53. The van der Waals surface area contributed by atoms with Gasteiger partial charge in [-0.3, -0.25) is 14.5 Å². The zero-order valence-corrected chi connectivity index (χ0v) is 21.7. The van der Waals surface area contributed by atoms with Crippen molar-refractivity contribution in [2.45, 2.75) is 50.6 Å². The Morgan fingerprint density at radius 3 is 2.92 bits per heavy atom. The molecule has 2 atom stereocenters. The highest BCUT2D eigenvalue weighted by atomic mass is 32.2. The number of nitrogens with two attached hydrogens (primary N) is 1. The Balaban J connectivity index is 1.35. The van der Waals surface area contributed by atoms with Crippen molar-refractivity contribution >= 4 is 63.3 Å². The Kier molecular flexibility index (Phi) is 6.94. The number of nitrogen functional groups attached to an aromatic ring is 1. The van der Waals surface area contributed by atoms with Gasteiger partial charge < -0.3 is 25.8 Å². The summed E-state index contributed by atoms with van der Waals surface area (Å²) in [6.45, 7) is 2.29. The van der Waals surface area contributed by atoms with E-state index in [9.17, 15) is 19.5 Å². The number of β-lactam (4-membered cyclic amide) rings is 1. The van der Waals surface area contributed by atoms with Crippen molar-refractivity contribution in [3.63, 3.8) is 0 Å². The number of nitrogens with one attached hydrogen (secondary N) is 1. The molecule has 0 saturated carbocycles. The Labute approximate surface area is 218 Å². The summed E-state index contributed by atoms with van der Waals surface area (Å²) in [4.78, 5) is 49.7. The van der Waals surface area contributed by atoms with Crippen LogP contribution in [0.5, 0.6) is 0 Å². The number of carbonyl (C=O) groups is 3. The van der Waals surface area contributed by atoms with Crippen molar-refractivity contribution in [3.05, 3.63) is 33.2 Å². The largest absolute Gasteiger partial charge is 0.543 e. The van der Waals surface area contributed by atoms with Gasteiger partial charge in [0.2, 0.25) is 17.0 Å². The van der Waals surface area contributed by atoms with E-state index in [-0.39, 0.29) is 29.0 Å². The molecule has 3 aliphatic rings. The summed E-state index contributed by atoms with van der Waals surface area (Å²) in [7, 11) is 0. The van der Waals surface area contributed by atoms with Crippen LogP contribution in [-0.2, 0) is 38.6 Å². The lowest BCUT2D eigenvalue weighted by molar-refractivity contribution is -0.692. The Morgan fingerprint density at radius 2 is 2.19 bits per heavy atom. The van der Waals surface area contributed by atoms with Crippen LogP contribution in [-0.4, -0.2) is 61.5 Å². The van der Waals surface area contributed by atoms with E-state index in [0.717, 1.165) is 37.2 Å². The van der Waals surface area contributed by atoms with Crippen LogP contribution in [0.25, 0.3) is 0 Å². The fraction of sp³-hybridized carbons (Fsp3) is 0.476. The smallest absolute Gasteiger partial charge is 0.278 e. The van der Waals surface area contributed by atoms with Gasteiger partial charge in [0.05, 0.1) is 16.5 Å². The normalized spacial score (nSPS) is 21.5. The summed E-state index contributed by atoms with van der Waals surface area (Å²) in [5.74, 6) is -2.27. The van der Waals surface area contributed by atoms with Gasteiger partial charge in [0, 0.05) is 29.3 Å². The molecular weight excluding hydrogens is 526 g/mol. The van der Waals surface area contributed by atoms with E-state index >= 15 is 0 Å². The van der Waals surface area contributed by atoms with Gasteiger partial charge in [0.15, 0.2) is 17.4 Å². The third-order valence-corrected chi connectivity index (χ3v) is 9.07. The minimum absolute atomic E-state index is 0.0166. The summed E-state index contributed by atoms with van der Waals surface area (Å²) >= 11 is 3.98. The number of hydrogen-bond donors (Lipinski definition) is 2. The van der Waals surface area contributed by atoms with Crippen LogP contribution in [0, 0.1) is 0 Å². The van der Waals surface area contributed by atoms with E-state index in [1.54, 1.807) is 18.3 Å². The Morgan fingerprint density at radius 1 is 1.39 bits per heavy atom. The van der Waals surface area contributed by atoms with E-state index in [1.165, 1.54) is 27.2 Å². The molecular formula is C21H23N7O5S3. The molecule has 1 fully saturated rings. The average molecular weight is 550 g/mol. The molecule has 0 radical (unpaired) electrons. The Bertz CT molecular complexity index is 1290. The molecule has 2 amide bonds. The van der Waals surface area contributed by atoms with Crippen molar-refractivity contribution < 1.29 is 28.9 Å². The number of amides is 2. The number of anilines is 1. The van der Waals surface area contributed by atoms with E-state index in [1.807, 2.05) is 5.51 Å². The molecule has 15 heteroatoms. The predicted molar refractivity (Wildman–Crippen MR) is 131 cm³/mol. The van der Waals surface area contributed by atoms with Gasteiger partial charge >= 0.3 is 0 Å². The summed E-state index contributed by atoms with van der Waals surface area (Å²) in [6, 6.07) is -0.942. The summed E-state index contributed by atoms with van der Waals surface area (Å²) in [5.41, 5.74) is 9.16. The number of aliphatic carboxylic acids is 1. The third kappa shape index (κ3) is 4.46. The fourth-order valence-electron chi connectivity index (χ4n) is 4.47. The van der Waals surface area contributed by atoms with Gasteiger partial charge in [-0.2, -0.15) is 13.9 Å². The van der Waals surface area contributed by atoms with Crippen molar-refractivity contribution in [1.82, 2.24) is 19.6 Å². The average Bonchev–Trinajstić information content (AvgIpc) is 3.48. The van der Waals surface area contributed by atoms with Gasteiger partial charge in [-0.05, 0) is 26.2 Å². The maximum absolute atomic E-state index is 13.1. The Hall–Kier alpha value is -3.04. The van der Waals surface area contributed by atoms with Crippen molar-refractivity contribution in [3.8, 4) is 0 Å². The number of oxime groups is 1. The number of thiazole rings is 1. The van der Waals surface area contributed by atoms with Crippen molar-refractivity contribution in [2.24, 2.45) is 5.16 Å². The van der Waals surface area contributed by atoms with Crippen LogP contribution in [0.2, 0.25) is 0 Å². The topological polar surface area (TPSA) is 167 Å². The molecule has 4 heterocycles. The minimum Gasteiger partial charge on any atom is -0.543 e. The number of carbonyl (C=O) groups excluding carboxylic acids is 3. The number of aromatic nitrogens is 3. The van der Waals surface area contributed by atoms with E-state index < -0.39 is 29.2 Å². The highest BCUT2D eigenvalue weighted by Crippen LogP contribution is 2.40. The molecule has 190 valence electrons. The zero-order chi connectivity index (χ0) is 25.4. The predicted octanol–water partition coefficient (Wildman–Crippen LogP) is -0.807. The number of carboxylic acids is 1. The quantitative estimate of drug-likeness (QED) is 0.185. The lowest BCUT2D eigenvalue weighted by Gasteiger charge is -2.50. The molecule has 0 unspecified atom stereocenters. The first kappa shape index (κ1) is 24.6. The second-order valence-electron chi connectivity index (χ2n) is 8.34. The van der Waals surface area contributed by atoms with E-state index in [4.69, 9.17) is 10.6 Å². The molecule has 5 rings (SSSR count). The first-order chi connectivity index (χ1) is 17.4. The molecule has 3 N–H and O–H groups in total. The van der Waals surface area contributed by atoms with Gasteiger partial charge in [0.1, 0.15) is 18.0 Å². The molecule has 12 nitrogen and oxygen atoms in total. The third-order valence-electron chi connectivity index (χ3n) is 6.10. The van der Waals surface area contributed by atoms with Gasteiger partial charge in [-0.15, -0.1) is 11.8 Å². The molecule has 0 aromatic carbocycles. The van der Waals surface area contributed by atoms with Crippen LogP contribution < -0.4 is 20.7 Å². The monoisotopic (exact) mass is 549 g/mol. The standard InChI is InChI=1S/C21H23N7O5S3/c1-2-33-25-13(16-24-21(22)36-26-16)17(29)23-14-18(30)28-15(20(31)32)10(8-34-19(14)28)7-27-9-35-12-6-4-3-5-11(12)27/h9,14,19H,2-8H2,1H3,(H3-,22,23,24,26,29,31,32)/b25-13-/t14-,19+/m1/s1. The van der Waals surface area contributed by atoms with Crippen LogP contribution in [0.4, 0.5) is 5.13 Å². The lowest BCUT2D eigenvalue weighted by atomic mass is 10.0. The molecule has 2 aliphatic heterocycles. The van der Waals surface area contributed by atoms with Crippen molar-refractivity contribution in [2.75, 3.05) is 18.1 Å². The molecule has 2 aromatic rings. The molecule has 1 saturated heterocycles. The summed E-state index contributed by atoms with van der Waals surface area (Å²) in [5, 5.41) is 18.1. The van der Waals surface area contributed by atoms with E-state index in [2.05, 4.69) is 24.4 Å². The second-order valence-corrected chi connectivity index (χ2v) is 11.2. The number of hydrogen-bond acceptors (Lipinski definition) is 12. The van der Waals surface area contributed by atoms with Gasteiger partial charge in [-0.25, -0.2) is 0 Å². The second kappa shape index (κ2) is 10.1. The van der Waals surface area contributed by atoms with Crippen LogP contribution in [0.15, 0.2) is 21.9 Å². The summed E-state index contributed by atoms with van der Waals surface area (Å²) < 4.78 is 6.08. The molecule has 0 bridgehead atoms. The van der Waals surface area contributed by atoms with Crippen LogP contribution >= 0.6 is 34.6 Å². The maximum atomic E-state index is 13.1. The SMILES string of the molecule is CCO/N=C(\C(=O)N[C@@H]1C(=O)N2C(C(=O)[O-])=C(C[n+]3csc4c3CCCC4)CS[C@@H]12)c1nsc(N)n1. The number of thioether (sulfide) groups is 1.